The van der Waals surface area contributed by atoms with Crippen LogP contribution in [-0.4, -0.2) is 48.1 Å². The molecule has 106 valence electrons. The molecular weight excluding hydrogens is 316 g/mol. The van der Waals surface area contributed by atoms with Gasteiger partial charge in [-0.05, 0) is 61.0 Å². The first-order chi connectivity index (χ1) is 9.65. The van der Waals surface area contributed by atoms with Gasteiger partial charge in [-0.15, -0.1) is 0 Å². The highest BCUT2D eigenvalue weighted by atomic mass is 79.9. The van der Waals surface area contributed by atoms with E-state index < -0.39 is 0 Å². The molecule has 1 fully saturated rings. The summed E-state index contributed by atoms with van der Waals surface area (Å²) in [5.41, 5.74) is 3.10. The summed E-state index contributed by atoms with van der Waals surface area (Å²) in [7, 11) is 4.37. The van der Waals surface area contributed by atoms with Crippen LogP contribution in [0.2, 0.25) is 0 Å². The molecule has 0 spiro atoms. The zero-order valence-electron chi connectivity index (χ0n) is 11.9. The van der Waals surface area contributed by atoms with Crippen molar-refractivity contribution in [3.8, 4) is 0 Å². The lowest BCUT2D eigenvalue weighted by molar-refractivity contribution is 0.253. The van der Waals surface area contributed by atoms with Crippen molar-refractivity contribution in [1.82, 2.24) is 14.9 Å². The molecule has 3 rings (SSSR count). The fourth-order valence-corrected chi connectivity index (χ4v) is 3.17. The van der Waals surface area contributed by atoms with Crippen molar-refractivity contribution in [2.45, 2.75) is 18.9 Å². The van der Waals surface area contributed by atoms with E-state index in [1.165, 1.54) is 18.5 Å². The number of halogens is 1. The van der Waals surface area contributed by atoms with E-state index in [1.54, 1.807) is 0 Å². The summed E-state index contributed by atoms with van der Waals surface area (Å²) in [6.07, 6.45) is 6.12. The number of aromatic nitrogens is 2. The number of anilines is 1. The first-order valence-electron chi connectivity index (χ1n) is 6.97. The molecule has 0 aromatic carbocycles. The molecule has 0 unspecified atom stereocenters. The highest BCUT2D eigenvalue weighted by Gasteiger charge is 2.22. The second-order valence-corrected chi connectivity index (χ2v) is 6.41. The van der Waals surface area contributed by atoms with Crippen LogP contribution in [0.25, 0.3) is 11.0 Å². The Kier molecular flexibility index (Phi) is 3.89. The number of hydrogen-bond acceptors (Lipinski definition) is 4. The number of pyridine rings is 2. The van der Waals surface area contributed by atoms with Crippen molar-refractivity contribution in [2.24, 2.45) is 0 Å². The number of hydrogen-bond donors (Lipinski definition) is 0. The van der Waals surface area contributed by atoms with Crippen LogP contribution in [0.4, 0.5) is 5.69 Å². The van der Waals surface area contributed by atoms with E-state index in [1.807, 2.05) is 18.5 Å². The number of piperidine rings is 1. The number of rotatable bonds is 2. The van der Waals surface area contributed by atoms with E-state index in [4.69, 9.17) is 0 Å². The molecule has 4 nitrogen and oxygen atoms in total. The summed E-state index contributed by atoms with van der Waals surface area (Å²) in [6.45, 7) is 2.33. The minimum atomic E-state index is 0.585. The Balaban J connectivity index is 1.93. The van der Waals surface area contributed by atoms with Crippen LogP contribution in [0.15, 0.2) is 29.0 Å². The van der Waals surface area contributed by atoms with Gasteiger partial charge in [-0.1, -0.05) is 0 Å². The van der Waals surface area contributed by atoms with Crippen LogP contribution < -0.4 is 4.90 Å². The molecule has 1 saturated heterocycles. The van der Waals surface area contributed by atoms with Gasteiger partial charge in [0, 0.05) is 30.0 Å². The molecule has 0 bridgehead atoms. The Morgan fingerprint density at radius 2 is 2.05 bits per heavy atom. The predicted octanol–water partition coefficient (Wildman–Crippen LogP) is 2.92. The lowest BCUT2D eigenvalue weighted by atomic mass is 10.0. The van der Waals surface area contributed by atoms with Gasteiger partial charge in [0.05, 0.1) is 11.2 Å². The molecule has 20 heavy (non-hydrogen) atoms. The maximum Gasteiger partial charge on any atom is 0.112 e. The SMILES string of the molecule is CN1CCC(N(C)c2ccnc3cc(Br)cnc23)CC1. The fraction of sp³-hybridized carbons (Fsp3) is 0.467. The molecule has 0 aliphatic carbocycles. The average molecular weight is 335 g/mol. The highest BCUT2D eigenvalue weighted by molar-refractivity contribution is 9.10. The summed E-state index contributed by atoms with van der Waals surface area (Å²) >= 11 is 3.46. The smallest absolute Gasteiger partial charge is 0.112 e. The van der Waals surface area contributed by atoms with Crippen LogP contribution in [0.1, 0.15) is 12.8 Å². The number of nitrogens with zero attached hydrogens (tertiary/aromatic N) is 4. The van der Waals surface area contributed by atoms with E-state index in [0.717, 1.165) is 28.6 Å². The molecule has 1 aliphatic rings. The number of likely N-dealkylation sites (tertiary alicyclic amines) is 1. The molecule has 2 aromatic rings. The summed E-state index contributed by atoms with van der Waals surface area (Å²) in [5, 5.41) is 0. The van der Waals surface area contributed by atoms with Crippen LogP contribution >= 0.6 is 15.9 Å². The molecular formula is C15H19BrN4. The molecule has 1 aliphatic heterocycles. The molecule has 0 amide bonds. The summed E-state index contributed by atoms with van der Waals surface area (Å²) in [4.78, 5) is 13.7. The van der Waals surface area contributed by atoms with Crippen LogP contribution in [0.5, 0.6) is 0 Å². The first-order valence-corrected chi connectivity index (χ1v) is 7.76. The molecule has 5 heteroatoms. The van der Waals surface area contributed by atoms with Gasteiger partial charge in [0.1, 0.15) is 5.52 Å². The van der Waals surface area contributed by atoms with Gasteiger partial charge in [-0.25, -0.2) is 0 Å². The van der Waals surface area contributed by atoms with Crippen LogP contribution in [0, 0.1) is 0 Å². The fourth-order valence-electron chi connectivity index (χ4n) is 2.86. The zero-order valence-corrected chi connectivity index (χ0v) is 13.5. The maximum absolute atomic E-state index is 4.55. The van der Waals surface area contributed by atoms with Crippen molar-refractivity contribution >= 4 is 32.7 Å². The van der Waals surface area contributed by atoms with Gasteiger partial charge < -0.3 is 9.80 Å². The minimum Gasteiger partial charge on any atom is -0.370 e. The standard InChI is InChI=1S/C15H19BrN4/c1-19-7-4-12(5-8-19)20(2)14-3-6-17-13-9-11(16)10-18-15(13)14/h3,6,9-10,12H,4-5,7-8H2,1-2H3. The van der Waals surface area contributed by atoms with Gasteiger partial charge in [0.2, 0.25) is 0 Å². The lowest BCUT2D eigenvalue weighted by Crippen LogP contribution is -2.42. The largest absolute Gasteiger partial charge is 0.370 e. The molecule has 2 aromatic heterocycles. The second kappa shape index (κ2) is 5.66. The van der Waals surface area contributed by atoms with Gasteiger partial charge in [0.15, 0.2) is 0 Å². The molecule has 0 N–H and O–H groups in total. The molecule has 3 heterocycles. The van der Waals surface area contributed by atoms with Crippen molar-refractivity contribution in [3.05, 3.63) is 29.0 Å². The average Bonchev–Trinajstić information content (AvgIpc) is 2.46. The highest BCUT2D eigenvalue weighted by Crippen LogP contribution is 2.28. The van der Waals surface area contributed by atoms with E-state index in [2.05, 4.69) is 55.9 Å². The maximum atomic E-state index is 4.55. The lowest BCUT2D eigenvalue weighted by Gasteiger charge is -2.36. The van der Waals surface area contributed by atoms with Crippen LogP contribution in [0.3, 0.4) is 0 Å². The minimum absolute atomic E-state index is 0.585. The van der Waals surface area contributed by atoms with Crippen molar-refractivity contribution in [1.29, 1.82) is 0 Å². The Morgan fingerprint density at radius 1 is 1.30 bits per heavy atom. The molecule has 0 radical (unpaired) electrons. The Labute approximate surface area is 127 Å². The van der Waals surface area contributed by atoms with Crippen molar-refractivity contribution in [3.63, 3.8) is 0 Å². The Bertz CT molecular complexity index is 608. The van der Waals surface area contributed by atoms with Gasteiger partial charge >= 0.3 is 0 Å². The van der Waals surface area contributed by atoms with E-state index >= 15 is 0 Å². The van der Waals surface area contributed by atoms with E-state index in [0.29, 0.717) is 6.04 Å². The molecule has 0 saturated carbocycles. The normalized spacial score (nSPS) is 17.6. The van der Waals surface area contributed by atoms with Crippen LogP contribution in [-0.2, 0) is 0 Å². The van der Waals surface area contributed by atoms with E-state index in [-0.39, 0.29) is 0 Å². The van der Waals surface area contributed by atoms with Gasteiger partial charge in [-0.2, -0.15) is 0 Å². The van der Waals surface area contributed by atoms with Gasteiger partial charge in [-0.3, -0.25) is 9.97 Å². The summed E-state index contributed by atoms with van der Waals surface area (Å²) < 4.78 is 0.969. The Morgan fingerprint density at radius 3 is 2.80 bits per heavy atom. The van der Waals surface area contributed by atoms with E-state index in [9.17, 15) is 0 Å². The second-order valence-electron chi connectivity index (χ2n) is 5.50. The third kappa shape index (κ3) is 2.65. The zero-order chi connectivity index (χ0) is 14.1. The topological polar surface area (TPSA) is 32.3 Å². The first kappa shape index (κ1) is 13.8. The molecule has 0 atom stereocenters. The van der Waals surface area contributed by atoms with Crippen molar-refractivity contribution in [2.75, 3.05) is 32.1 Å². The number of fused-ring (bicyclic) bond motifs is 1. The Hall–Kier alpha value is -1.20. The third-order valence-electron chi connectivity index (χ3n) is 4.14. The predicted molar refractivity (Wildman–Crippen MR) is 86.2 cm³/mol. The van der Waals surface area contributed by atoms with Gasteiger partial charge in [0.25, 0.3) is 0 Å². The summed E-state index contributed by atoms with van der Waals surface area (Å²) in [5.74, 6) is 0. The summed E-state index contributed by atoms with van der Waals surface area (Å²) in [6, 6.07) is 4.68. The third-order valence-corrected chi connectivity index (χ3v) is 4.57. The monoisotopic (exact) mass is 334 g/mol. The quantitative estimate of drug-likeness (QED) is 0.845. The van der Waals surface area contributed by atoms with Crippen molar-refractivity contribution < 1.29 is 0 Å².